The third kappa shape index (κ3) is 3.49. The van der Waals surface area contributed by atoms with Gasteiger partial charge in [-0.05, 0) is 30.5 Å². The van der Waals surface area contributed by atoms with Crippen LogP contribution in [-0.2, 0) is 16.3 Å². The smallest absolute Gasteiger partial charge is 0.178 e. The van der Waals surface area contributed by atoms with Crippen molar-refractivity contribution in [3.8, 4) is 0 Å². The lowest BCUT2D eigenvalue weighted by Crippen LogP contribution is -2.05. The van der Waals surface area contributed by atoms with Gasteiger partial charge in [0.15, 0.2) is 9.84 Å². The fraction of sp³-hybridized carbons (Fsp3) is 0.500. The van der Waals surface area contributed by atoms with E-state index in [0.717, 1.165) is 18.4 Å². The van der Waals surface area contributed by atoms with Gasteiger partial charge in [-0.2, -0.15) is 0 Å². The van der Waals surface area contributed by atoms with E-state index in [-0.39, 0.29) is 11.1 Å². The van der Waals surface area contributed by atoms with Gasteiger partial charge < -0.3 is 0 Å². The summed E-state index contributed by atoms with van der Waals surface area (Å²) >= 11 is 6.04. The van der Waals surface area contributed by atoms with Gasteiger partial charge in [0.2, 0.25) is 0 Å². The number of sulfone groups is 1. The first-order valence-electron chi connectivity index (χ1n) is 5.45. The lowest BCUT2D eigenvalue weighted by atomic mass is 10.1. The van der Waals surface area contributed by atoms with Crippen LogP contribution in [0.1, 0.15) is 25.8 Å². The molecule has 0 aliphatic rings. The molecule has 90 valence electrons. The number of benzene rings is 1. The SMILES string of the molecule is CCC(Cl)Cc1ccc(S(=O)(=O)CC)cc1. The molecular formula is C12H17ClO2S. The minimum absolute atomic E-state index is 0.119. The number of hydrogen-bond donors (Lipinski definition) is 0. The van der Waals surface area contributed by atoms with Crippen LogP contribution in [0.4, 0.5) is 0 Å². The fourth-order valence-electron chi connectivity index (χ4n) is 1.40. The van der Waals surface area contributed by atoms with Gasteiger partial charge in [-0.15, -0.1) is 11.6 Å². The Bertz CT molecular complexity index is 423. The first kappa shape index (κ1) is 13.5. The number of halogens is 1. The summed E-state index contributed by atoms with van der Waals surface area (Å²) in [7, 11) is -3.08. The van der Waals surface area contributed by atoms with Crippen LogP contribution in [0.15, 0.2) is 29.2 Å². The zero-order chi connectivity index (χ0) is 12.2. The van der Waals surface area contributed by atoms with Crippen molar-refractivity contribution >= 4 is 21.4 Å². The lowest BCUT2D eigenvalue weighted by Gasteiger charge is -2.07. The molecule has 0 bridgehead atoms. The van der Waals surface area contributed by atoms with Gasteiger partial charge in [-0.1, -0.05) is 26.0 Å². The highest BCUT2D eigenvalue weighted by Gasteiger charge is 2.11. The zero-order valence-corrected chi connectivity index (χ0v) is 11.2. The third-order valence-corrected chi connectivity index (χ3v) is 4.78. The molecule has 1 aromatic rings. The Morgan fingerprint density at radius 3 is 2.19 bits per heavy atom. The average molecular weight is 261 g/mol. The second-order valence-electron chi connectivity index (χ2n) is 3.76. The van der Waals surface area contributed by atoms with Gasteiger partial charge in [0.25, 0.3) is 0 Å². The van der Waals surface area contributed by atoms with Gasteiger partial charge in [0.05, 0.1) is 10.6 Å². The van der Waals surface area contributed by atoms with E-state index in [2.05, 4.69) is 0 Å². The minimum Gasteiger partial charge on any atom is -0.224 e. The van der Waals surface area contributed by atoms with E-state index < -0.39 is 9.84 Å². The summed E-state index contributed by atoms with van der Waals surface area (Å²) in [6.07, 6.45) is 1.70. The van der Waals surface area contributed by atoms with Crippen molar-refractivity contribution in [2.24, 2.45) is 0 Å². The van der Waals surface area contributed by atoms with Gasteiger partial charge in [0.1, 0.15) is 0 Å². The maximum absolute atomic E-state index is 11.6. The summed E-state index contributed by atoms with van der Waals surface area (Å²) in [6.45, 7) is 3.68. The zero-order valence-electron chi connectivity index (χ0n) is 9.61. The van der Waals surface area contributed by atoms with Gasteiger partial charge in [0, 0.05) is 5.38 Å². The molecule has 0 fully saturated rings. The van der Waals surface area contributed by atoms with Crippen LogP contribution in [0.25, 0.3) is 0 Å². The Balaban J connectivity index is 2.84. The van der Waals surface area contributed by atoms with Gasteiger partial charge in [-0.3, -0.25) is 0 Å². The number of rotatable bonds is 5. The second kappa shape index (κ2) is 5.69. The molecule has 0 radical (unpaired) electrons. The van der Waals surface area contributed by atoms with Crippen molar-refractivity contribution in [3.05, 3.63) is 29.8 Å². The number of hydrogen-bond acceptors (Lipinski definition) is 2. The van der Waals surface area contributed by atoms with E-state index in [1.807, 2.05) is 19.1 Å². The van der Waals surface area contributed by atoms with E-state index in [1.54, 1.807) is 19.1 Å². The van der Waals surface area contributed by atoms with Gasteiger partial charge in [-0.25, -0.2) is 8.42 Å². The van der Waals surface area contributed by atoms with E-state index >= 15 is 0 Å². The first-order chi connectivity index (χ1) is 7.49. The minimum atomic E-state index is -3.08. The molecule has 1 unspecified atom stereocenters. The standard InChI is InChI=1S/C12H17ClO2S/c1-3-11(13)9-10-5-7-12(8-6-10)16(14,15)4-2/h5-8,11H,3-4,9H2,1-2H3. The summed E-state index contributed by atoms with van der Waals surface area (Å²) in [4.78, 5) is 0.390. The van der Waals surface area contributed by atoms with Crippen LogP contribution >= 0.6 is 11.6 Å². The molecular weight excluding hydrogens is 244 g/mol. The molecule has 0 saturated heterocycles. The molecule has 0 aromatic heterocycles. The highest BCUT2D eigenvalue weighted by Crippen LogP contribution is 2.15. The Morgan fingerprint density at radius 1 is 1.19 bits per heavy atom. The molecule has 2 nitrogen and oxygen atoms in total. The van der Waals surface area contributed by atoms with Gasteiger partial charge >= 0.3 is 0 Å². The number of alkyl halides is 1. The largest absolute Gasteiger partial charge is 0.224 e. The molecule has 0 aliphatic carbocycles. The normalized spacial score (nSPS) is 13.7. The molecule has 1 aromatic carbocycles. The Hall–Kier alpha value is -0.540. The van der Waals surface area contributed by atoms with Crippen LogP contribution in [0.2, 0.25) is 0 Å². The first-order valence-corrected chi connectivity index (χ1v) is 7.54. The van der Waals surface area contributed by atoms with Crippen LogP contribution in [0.5, 0.6) is 0 Å². The Labute approximate surface area is 103 Å². The van der Waals surface area contributed by atoms with E-state index in [4.69, 9.17) is 11.6 Å². The maximum Gasteiger partial charge on any atom is 0.178 e. The predicted molar refractivity (Wildman–Crippen MR) is 67.8 cm³/mol. The monoisotopic (exact) mass is 260 g/mol. The van der Waals surface area contributed by atoms with Crippen molar-refractivity contribution in [3.63, 3.8) is 0 Å². The van der Waals surface area contributed by atoms with Crippen LogP contribution in [0.3, 0.4) is 0 Å². The van der Waals surface area contributed by atoms with E-state index in [0.29, 0.717) is 4.90 Å². The Morgan fingerprint density at radius 2 is 1.75 bits per heavy atom. The summed E-state index contributed by atoms with van der Waals surface area (Å²) < 4.78 is 23.1. The van der Waals surface area contributed by atoms with Crippen molar-refractivity contribution in [1.82, 2.24) is 0 Å². The summed E-state index contributed by atoms with van der Waals surface area (Å²) in [5, 5.41) is 0.119. The van der Waals surface area contributed by atoms with Crippen LogP contribution in [-0.4, -0.2) is 19.5 Å². The summed E-state index contributed by atoms with van der Waals surface area (Å²) in [5.74, 6) is 0.138. The predicted octanol–water partition coefficient (Wildman–Crippen LogP) is 3.04. The van der Waals surface area contributed by atoms with Crippen molar-refractivity contribution in [2.45, 2.75) is 37.0 Å². The quantitative estimate of drug-likeness (QED) is 0.763. The molecule has 16 heavy (non-hydrogen) atoms. The fourth-order valence-corrected chi connectivity index (χ4v) is 2.46. The third-order valence-electron chi connectivity index (χ3n) is 2.56. The van der Waals surface area contributed by atoms with Crippen molar-refractivity contribution < 1.29 is 8.42 Å². The molecule has 4 heteroatoms. The molecule has 1 atom stereocenters. The molecule has 0 aliphatic heterocycles. The molecule has 0 heterocycles. The second-order valence-corrected chi connectivity index (χ2v) is 6.65. The summed E-state index contributed by atoms with van der Waals surface area (Å²) in [5.41, 5.74) is 1.08. The molecule has 0 N–H and O–H groups in total. The van der Waals surface area contributed by atoms with Crippen LogP contribution in [0, 0.1) is 0 Å². The average Bonchev–Trinajstić information content (AvgIpc) is 2.29. The van der Waals surface area contributed by atoms with E-state index in [9.17, 15) is 8.42 Å². The maximum atomic E-state index is 11.6. The van der Waals surface area contributed by atoms with Crippen molar-refractivity contribution in [1.29, 1.82) is 0 Å². The lowest BCUT2D eigenvalue weighted by molar-refractivity contribution is 0.597. The van der Waals surface area contributed by atoms with Crippen molar-refractivity contribution in [2.75, 3.05) is 5.75 Å². The molecule has 1 rings (SSSR count). The molecule has 0 amide bonds. The van der Waals surface area contributed by atoms with E-state index in [1.165, 1.54) is 0 Å². The highest BCUT2D eigenvalue weighted by atomic mass is 35.5. The molecule has 0 spiro atoms. The molecule has 0 saturated carbocycles. The topological polar surface area (TPSA) is 34.1 Å². The Kier molecular flexibility index (Phi) is 4.81. The highest BCUT2D eigenvalue weighted by molar-refractivity contribution is 7.91. The van der Waals surface area contributed by atoms with Crippen LogP contribution < -0.4 is 0 Å². The summed E-state index contributed by atoms with van der Waals surface area (Å²) in [6, 6.07) is 7.00.